The summed E-state index contributed by atoms with van der Waals surface area (Å²) in [5.74, 6) is 0.711. The highest BCUT2D eigenvalue weighted by Crippen LogP contribution is 2.16. The van der Waals surface area contributed by atoms with E-state index in [1.165, 1.54) is 25.7 Å². The molecule has 0 saturated heterocycles. The lowest BCUT2D eigenvalue weighted by molar-refractivity contribution is 0.368. The molecule has 1 aromatic heterocycles. The van der Waals surface area contributed by atoms with Gasteiger partial charge in [-0.3, -0.25) is 4.68 Å². The smallest absolute Gasteiger partial charge is 0.0993 e. The maximum absolute atomic E-state index is 5.94. The van der Waals surface area contributed by atoms with Crippen molar-refractivity contribution in [1.29, 1.82) is 0 Å². The van der Waals surface area contributed by atoms with Crippen molar-refractivity contribution in [2.75, 3.05) is 0 Å². The van der Waals surface area contributed by atoms with E-state index in [2.05, 4.69) is 31.1 Å². The average molecular weight is 238 g/mol. The minimum Gasteiger partial charge on any atom is -0.323 e. The molecule has 1 rings (SSSR count). The van der Waals surface area contributed by atoms with Crippen molar-refractivity contribution in [3.05, 3.63) is 11.9 Å². The highest BCUT2D eigenvalue weighted by molar-refractivity contribution is 4.98. The van der Waals surface area contributed by atoms with Gasteiger partial charge in [0.1, 0.15) is 0 Å². The van der Waals surface area contributed by atoms with Crippen LogP contribution in [-0.2, 0) is 6.54 Å². The number of aromatic nitrogens is 3. The fraction of sp³-hybridized carbons (Fsp3) is 0.846. The molecule has 0 aliphatic rings. The van der Waals surface area contributed by atoms with Crippen LogP contribution in [0.2, 0.25) is 0 Å². The summed E-state index contributed by atoms with van der Waals surface area (Å²) in [6.45, 7) is 7.52. The molecule has 1 heterocycles. The summed E-state index contributed by atoms with van der Waals surface area (Å²) in [5.41, 5.74) is 6.85. The molecule has 0 saturated carbocycles. The van der Waals surface area contributed by atoms with Gasteiger partial charge in [0, 0.05) is 6.54 Å². The van der Waals surface area contributed by atoms with Crippen LogP contribution in [0.25, 0.3) is 0 Å². The van der Waals surface area contributed by atoms with Crippen molar-refractivity contribution < 1.29 is 0 Å². The molecule has 4 nitrogen and oxygen atoms in total. The van der Waals surface area contributed by atoms with Gasteiger partial charge < -0.3 is 5.73 Å². The maximum Gasteiger partial charge on any atom is 0.0993 e. The fourth-order valence-electron chi connectivity index (χ4n) is 1.96. The minimum absolute atomic E-state index is 0.0273. The summed E-state index contributed by atoms with van der Waals surface area (Å²) in [5, 5.41) is 8.31. The summed E-state index contributed by atoms with van der Waals surface area (Å²) < 4.78 is 1.95. The number of nitrogens with two attached hydrogens (primary N) is 1. The van der Waals surface area contributed by atoms with Crippen molar-refractivity contribution in [3.8, 4) is 0 Å². The second-order valence-corrected chi connectivity index (χ2v) is 4.80. The molecule has 0 bridgehead atoms. The summed E-state index contributed by atoms with van der Waals surface area (Å²) in [6, 6.07) is 0.0273. The van der Waals surface area contributed by atoms with Crippen molar-refractivity contribution in [3.63, 3.8) is 0 Å². The van der Waals surface area contributed by atoms with Gasteiger partial charge in [-0.2, -0.15) is 0 Å². The topological polar surface area (TPSA) is 56.7 Å². The Balaban J connectivity index is 2.52. The lowest BCUT2D eigenvalue weighted by atomic mass is 9.99. The Labute approximate surface area is 105 Å². The lowest BCUT2D eigenvalue weighted by Gasteiger charge is -2.13. The SMILES string of the molecule is CCCCC(CC)Cn1cc(C(N)CC)nn1. The third-order valence-electron chi connectivity index (χ3n) is 3.36. The van der Waals surface area contributed by atoms with E-state index in [-0.39, 0.29) is 6.04 Å². The molecular formula is C13H26N4. The van der Waals surface area contributed by atoms with Crippen LogP contribution in [-0.4, -0.2) is 15.0 Å². The van der Waals surface area contributed by atoms with Crippen LogP contribution in [0.5, 0.6) is 0 Å². The largest absolute Gasteiger partial charge is 0.323 e. The van der Waals surface area contributed by atoms with Crippen LogP contribution in [0, 0.1) is 5.92 Å². The van der Waals surface area contributed by atoms with Crippen LogP contribution in [0.3, 0.4) is 0 Å². The summed E-state index contributed by atoms with van der Waals surface area (Å²) in [4.78, 5) is 0. The zero-order chi connectivity index (χ0) is 12.7. The molecule has 2 unspecified atom stereocenters. The van der Waals surface area contributed by atoms with Crippen molar-refractivity contribution in [1.82, 2.24) is 15.0 Å². The van der Waals surface area contributed by atoms with Crippen LogP contribution >= 0.6 is 0 Å². The summed E-state index contributed by atoms with van der Waals surface area (Å²) in [6.07, 6.45) is 7.96. The highest BCUT2D eigenvalue weighted by atomic mass is 15.4. The Bertz CT molecular complexity index is 308. The number of rotatable bonds is 8. The molecule has 0 spiro atoms. The van der Waals surface area contributed by atoms with Gasteiger partial charge in [0.15, 0.2) is 0 Å². The van der Waals surface area contributed by atoms with E-state index < -0.39 is 0 Å². The first-order chi connectivity index (χ1) is 8.21. The Morgan fingerprint density at radius 2 is 2.06 bits per heavy atom. The van der Waals surface area contributed by atoms with Crippen LogP contribution < -0.4 is 5.73 Å². The van der Waals surface area contributed by atoms with Gasteiger partial charge in [-0.15, -0.1) is 5.10 Å². The molecule has 1 aromatic rings. The van der Waals surface area contributed by atoms with Crippen molar-refractivity contribution in [2.24, 2.45) is 11.7 Å². The van der Waals surface area contributed by atoms with Crippen LogP contribution in [0.1, 0.15) is 64.6 Å². The third-order valence-corrected chi connectivity index (χ3v) is 3.36. The Hall–Kier alpha value is -0.900. The van der Waals surface area contributed by atoms with E-state index in [0.29, 0.717) is 5.92 Å². The number of nitrogens with zero attached hydrogens (tertiary/aromatic N) is 3. The molecule has 0 aliphatic carbocycles. The standard InChI is InChI=1S/C13H26N4/c1-4-7-8-11(5-2)9-17-10-13(15-16-17)12(14)6-3/h10-12H,4-9,14H2,1-3H3. The Kier molecular flexibility index (Phi) is 6.19. The molecule has 0 aromatic carbocycles. The first kappa shape index (κ1) is 14.2. The normalized spacial score (nSPS) is 14.8. The molecule has 0 fully saturated rings. The molecule has 0 amide bonds. The third kappa shape index (κ3) is 4.46. The molecule has 4 heteroatoms. The van der Waals surface area contributed by atoms with E-state index in [0.717, 1.165) is 18.7 Å². The number of hydrogen-bond acceptors (Lipinski definition) is 3. The van der Waals surface area contributed by atoms with Gasteiger partial charge in [-0.25, -0.2) is 0 Å². The predicted molar refractivity (Wildman–Crippen MR) is 70.5 cm³/mol. The van der Waals surface area contributed by atoms with E-state index in [1.54, 1.807) is 0 Å². The molecule has 2 atom stereocenters. The zero-order valence-electron chi connectivity index (χ0n) is 11.4. The summed E-state index contributed by atoms with van der Waals surface area (Å²) >= 11 is 0. The molecular weight excluding hydrogens is 212 g/mol. The minimum atomic E-state index is 0.0273. The quantitative estimate of drug-likeness (QED) is 0.757. The molecule has 17 heavy (non-hydrogen) atoms. The van der Waals surface area contributed by atoms with Crippen LogP contribution in [0.15, 0.2) is 6.20 Å². The van der Waals surface area contributed by atoms with Gasteiger partial charge in [0.2, 0.25) is 0 Å². The van der Waals surface area contributed by atoms with Gasteiger partial charge >= 0.3 is 0 Å². The zero-order valence-corrected chi connectivity index (χ0v) is 11.4. The Morgan fingerprint density at radius 1 is 1.29 bits per heavy atom. The number of hydrogen-bond donors (Lipinski definition) is 1. The molecule has 0 aliphatic heterocycles. The van der Waals surface area contributed by atoms with Gasteiger partial charge in [-0.1, -0.05) is 45.2 Å². The lowest BCUT2D eigenvalue weighted by Crippen LogP contribution is -2.11. The van der Waals surface area contributed by atoms with Gasteiger partial charge in [0.25, 0.3) is 0 Å². The number of unbranched alkanes of at least 4 members (excludes halogenated alkanes) is 1. The molecule has 2 N–H and O–H groups in total. The second-order valence-electron chi connectivity index (χ2n) is 4.80. The predicted octanol–water partition coefficient (Wildman–Crippen LogP) is 2.90. The average Bonchev–Trinajstić information content (AvgIpc) is 2.81. The highest BCUT2D eigenvalue weighted by Gasteiger charge is 2.11. The molecule has 98 valence electrons. The van der Waals surface area contributed by atoms with Crippen molar-refractivity contribution >= 4 is 0 Å². The summed E-state index contributed by atoms with van der Waals surface area (Å²) in [7, 11) is 0. The monoisotopic (exact) mass is 238 g/mol. The first-order valence-electron chi connectivity index (χ1n) is 6.86. The first-order valence-corrected chi connectivity index (χ1v) is 6.86. The van der Waals surface area contributed by atoms with E-state index in [9.17, 15) is 0 Å². The van der Waals surface area contributed by atoms with Gasteiger partial charge in [-0.05, 0) is 18.8 Å². The maximum atomic E-state index is 5.94. The molecule has 0 radical (unpaired) electrons. The van der Waals surface area contributed by atoms with E-state index in [4.69, 9.17) is 5.73 Å². The second kappa shape index (κ2) is 7.43. The van der Waals surface area contributed by atoms with Crippen molar-refractivity contribution in [2.45, 2.75) is 65.5 Å². The fourth-order valence-corrected chi connectivity index (χ4v) is 1.96. The van der Waals surface area contributed by atoms with E-state index in [1.807, 2.05) is 10.9 Å². The van der Waals surface area contributed by atoms with E-state index >= 15 is 0 Å². The van der Waals surface area contributed by atoms with Crippen LogP contribution in [0.4, 0.5) is 0 Å². The van der Waals surface area contributed by atoms with Gasteiger partial charge in [0.05, 0.1) is 17.9 Å². The Morgan fingerprint density at radius 3 is 2.65 bits per heavy atom.